The molecule has 0 aromatic heterocycles. The molecule has 0 amide bonds. The number of para-hydroxylation sites is 1. The van der Waals surface area contributed by atoms with E-state index in [1.807, 2.05) is 30.3 Å². The van der Waals surface area contributed by atoms with Gasteiger partial charge >= 0.3 is 0 Å². The van der Waals surface area contributed by atoms with Gasteiger partial charge in [-0.2, -0.15) is 0 Å². The first-order chi connectivity index (χ1) is 11.3. The fourth-order valence-electron chi connectivity index (χ4n) is 2.81. The number of likely N-dealkylation sites (tertiary alicyclic amines) is 1. The van der Waals surface area contributed by atoms with E-state index in [1.165, 1.54) is 5.56 Å². The van der Waals surface area contributed by atoms with E-state index in [2.05, 4.69) is 34.3 Å². The SMILES string of the molecule is COc1ccccc1/C=N/OC1CCN(Cc2ccccc2)C1. The minimum atomic E-state index is 0.157. The summed E-state index contributed by atoms with van der Waals surface area (Å²) in [6, 6.07) is 18.3. The van der Waals surface area contributed by atoms with E-state index in [4.69, 9.17) is 9.57 Å². The normalized spacial score (nSPS) is 18.4. The van der Waals surface area contributed by atoms with Crippen molar-refractivity contribution < 1.29 is 9.57 Å². The zero-order valence-corrected chi connectivity index (χ0v) is 13.4. The molecule has 0 spiro atoms. The Morgan fingerprint density at radius 1 is 1.13 bits per heavy atom. The zero-order valence-electron chi connectivity index (χ0n) is 13.4. The number of nitrogens with zero attached hydrogens (tertiary/aromatic N) is 2. The first-order valence-electron chi connectivity index (χ1n) is 7.93. The smallest absolute Gasteiger partial charge is 0.141 e. The average Bonchev–Trinajstić information content (AvgIpc) is 3.03. The lowest BCUT2D eigenvalue weighted by Gasteiger charge is -2.15. The molecule has 1 saturated heterocycles. The van der Waals surface area contributed by atoms with Crippen LogP contribution in [0.25, 0.3) is 0 Å². The van der Waals surface area contributed by atoms with Gasteiger partial charge in [-0.05, 0) is 17.7 Å². The number of rotatable bonds is 6. The minimum absolute atomic E-state index is 0.157. The molecule has 1 aliphatic heterocycles. The van der Waals surface area contributed by atoms with Crippen LogP contribution in [-0.4, -0.2) is 37.4 Å². The molecule has 0 saturated carbocycles. The molecule has 120 valence electrons. The Kier molecular flexibility index (Phi) is 5.27. The third-order valence-corrected chi connectivity index (χ3v) is 4.02. The lowest BCUT2D eigenvalue weighted by atomic mass is 10.2. The number of methoxy groups -OCH3 is 1. The Morgan fingerprint density at radius 3 is 2.74 bits per heavy atom. The first kappa shape index (κ1) is 15.6. The van der Waals surface area contributed by atoms with E-state index in [-0.39, 0.29) is 6.10 Å². The molecule has 0 aliphatic carbocycles. The van der Waals surface area contributed by atoms with E-state index < -0.39 is 0 Å². The lowest BCUT2D eigenvalue weighted by molar-refractivity contribution is 0.0656. The van der Waals surface area contributed by atoms with Gasteiger partial charge in [0.15, 0.2) is 0 Å². The predicted octanol–water partition coefficient (Wildman–Crippen LogP) is 3.32. The van der Waals surface area contributed by atoms with Crippen LogP contribution in [-0.2, 0) is 11.4 Å². The van der Waals surface area contributed by atoms with Gasteiger partial charge in [0.1, 0.15) is 11.9 Å². The summed E-state index contributed by atoms with van der Waals surface area (Å²) in [6.07, 6.45) is 2.89. The van der Waals surface area contributed by atoms with Crippen molar-refractivity contribution in [3.05, 3.63) is 65.7 Å². The number of oxime groups is 1. The maximum atomic E-state index is 5.65. The lowest BCUT2D eigenvalue weighted by Crippen LogP contribution is -2.22. The van der Waals surface area contributed by atoms with E-state index >= 15 is 0 Å². The Balaban J connectivity index is 1.49. The summed E-state index contributed by atoms with van der Waals surface area (Å²) >= 11 is 0. The molecule has 2 aromatic rings. The van der Waals surface area contributed by atoms with Gasteiger partial charge in [0, 0.05) is 31.6 Å². The van der Waals surface area contributed by atoms with Crippen LogP contribution >= 0.6 is 0 Å². The van der Waals surface area contributed by atoms with Gasteiger partial charge in [0.05, 0.1) is 13.3 Å². The van der Waals surface area contributed by atoms with Gasteiger partial charge in [-0.1, -0.05) is 47.6 Å². The van der Waals surface area contributed by atoms with Gasteiger partial charge in [0.25, 0.3) is 0 Å². The summed E-state index contributed by atoms with van der Waals surface area (Å²) in [4.78, 5) is 8.05. The molecule has 0 N–H and O–H groups in total. The fourth-order valence-corrected chi connectivity index (χ4v) is 2.81. The highest BCUT2D eigenvalue weighted by Gasteiger charge is 2.23. The topological polar surface area (TPSA) is 34.1 Å². The van der Waals surface area contributed by atoms with Crippen molar-refractivity contribution in [3.63, 3.8) is 0 Å². The summed E-state index contributed by atoms with van der Waals surface area (Å²) in [5.41, 5.74) is 2.26. The van der Waals surface area contributed by atoms with Crippen molar-refractivity contribution in [2.24, 2.45) is 5.16 Å². The quantitative estimate of drug-likeness (QED) is 0.606. The van der Waals surface area contributed by atoms with Crippen LogP contribution in [0, 0.1) is 0 Å². The molecule has 2 aromatic carbocycles. The first-order valence-corrected chi connectivity index (χ1v) is 7.93. The molecule has 1 heterocycles. The summed E-state index contributed by atoms with van der Waals surface area (Å²) < 4.78 is 5.30. The molecule has 1 atom stereocenters. The van der Waals surface area contributed by atoms with Gasteiger partial charge in [-0.3, -0.25) is 4.90 Å². The van der Waals surface area contributed by atoms with Crippen LogP contribution < -0.4 is 4.74 Å². The Bertz CT molecular complexity index is 643. The van der Waals surface area contributed by atoms with Crippen LogP contribution in [0.4, 0.5) is 0 Å². The molecule has 4 nitrogen and oxygen atoms in total. The highest BCUT2D eigenvalue weighted by molar-refractivity contribution is 5.82. The number of ether oxygens (including phenoxy) is 1. The molecule has 1 aliphatic rings. The van der Waals surface area contributed by atoms with Crippen LogP contribution in [0.2, 0.25) is 0 Å². The van der Waals surface area contributed by atoms with Gasteiger partial charge in [0.2, 0.25) is 0 Å². The van der Waals surface area contributed by atoms with Crippen LogP contribution in [0.5, 0.6) is 5.75 Å². The van der Waals surface area contributed by atoms with Crippen molar-refractivity contribution in [1.82, 2.24) is 4.90 Å². The monoisotopic (exact) mass is 310 g/mol. The second-order valence-corrected chi connectivity index (χ2v) is 5.71. The van der Waals surface area contributed by atoms with Crippen LogP contribution in [0.15, 0.2) is 59.8 Å². The fraction of sp³-hybridized carbons (Fsp3) is 0.316. The van der Waals surface area contributed by atoms with E-state index in [1.54, 1.807) is 13.3 Å². The second-order valence-electron chi connectivity index (χ2n) is 5.71. The van der Waals surface area contributed by atoms with Crippen molar-refractivity contribution in [1.29, 1.82) is 0 Å². The standard InChI is InChI=1S/C19H22N2O2/c1-22-19-10-6-5-9-17(19)13-20-23-18-11-12-21(15-18)14-16-7-3-2-4-8-16/h2-10,13,18H,11-12,14-15H2,1H3/b20-13+. The third kappa shape index (κ3) is 4.33. The maximum absolute atomic E-state index is 5.65. The number of benzene rings is 2. The minimum Gasteiger partial charge on any atom is -0.496 e. The summed E-state index contributed by atoms with van der Waals surface area (Å²) in [7, 11) is 1.66. The van der Waals surface area contributed by atoms with E-state index in [0.29, 0.717) is 0 Å². The van der Waals surface area contributed by atoms with Gasteiger partial charge in [-0.15, -0.1) is 0 Å². The number of hydrogen-bond acceptors (Lipinski definition) is 4. The highest BCUT2D eigenvalue weighted by atomic mass is 16.6. The van der Waals surface area contributed by atoms with Crippen molar-refractivity contribution in [2.75, 3.05) is 20.2 Å². The summed E-state index contributed by atoms with van der Waals surface area (Å²) in [5.74, 6) is 0.803. The summed E-state index contributed by atoms with van der Waals surface area (Å²) in [5, 5.41) is 4.14. The molecule has 4 heteroatoms. The van der Waals surface area contributed by atoms with E-state index in [0.717, 1.165) is 37.4 Å². The Hall–Kier alpha value is -2.33. The zero-order chi connectivity index (χ0) is 15.9. The second kappa shape index (κ2) is 7.79. The molecule has 1 fully saturated rings. The molecular formula is C19H22N2O2. The molecule has 1 unspecified atom stereocenters. The van der Waals surface area contributed by atoms with Crippen molar-refractivity contribution >= 4 is 6.21 Å². The Labute approximate surface area is 137 Å². The molecule has 0 radical (unpaired) electrons. The molecule has 3 rings (SSSR count). The van der Waals surface area contributed by atoms with Crippen LogP contribution in [0.3, 0.4) is 0 Å². The summed E-state index contributed by atoms with van der Waals surface area (Å²) in [6.45, 7) is 2.93. The van der Waals surface area contributed by atoms with Gasteiger partial charge in [-0.25, -0.2) is 0 Å². The average molecular weight is 310 g/mol. The van der Waals surface area contributed by atoms with Crippen LogP contribution in [0.1, 0.15) is 17.5 Å². The Morgan fingerprint density at radius 2 is 1.91 bits per heavy atom. The molecule has 0 bridgehead atoms. The van der Waals surface area contributed by atoms with Crippen molar-refractivity contribution in [2.45, 2.75) is 19.1 Å². The van der Waals surface area contributed by atoms with E-state index in [9.17, 15) is 0 Å². The van der Waals surface area contributed by atoms with Gasteiger partial charge < -0.3 is 9.57 Å². The number of hydrogen-bond donors (Lipinski definition) is 0. The molecular weight excluding hydrogens is 288 g/mol. The maximum Gasteiger partial charge on any atom is 0.141 e. The predicted molar refractivity (Wildman–Crippen MR) is 91.8 cm³/mol. The highest BCUT2D eigenvalue weighted by Crippen LogP contribution is 2.17. The third-order valence-electron chi connectivity index (χ3n) is 4.02. The largest absolute Gasteiger partial charge is 0.496 e. The van der Waals surface area contributed by atoms with Crippen molar-refractivity contribution in [3.8, 4) is 5.75 Å². The molecule has 23 heavy (non-hydrogen) atoms.